The number of hydrogen-bond donors (Lipinski definition) is 1. The fraction of sp³-hybridized carbons (Fsp3) is 0.185. The van der Waals surface area contributed by atoms with Crippen molar-refractivity contribution in [2.24, 2.45) is 0 Å². The lowest BCUT2D eigenvalue weighted by molar-refractivity contribution is -0.112. The van der Waals surface area contributed by atoms with Gasteiger partial charge in [0.2, 0.25) is 0 Å². The van der Waals surface area contributed by atoms with Gasteiger partial charge >= 0.3 is 0 Å². The number of ether oxygens (including phenoxy) is 2. The number of nitriles is 1. The minimum Gasteiger partial charge on any atom is -0.490 e. The minimum absolute atomic E-state index is 0.0546. The molecule has 1 amide bonds. The van der Waals surface area contributed by atoms with Gasteiger partial charge in [-0.25, -0.2) is 4.39 Å². The molecule has 174 valence electrons. The minimum atomic E-state index is -0.508. The summed E-state index contributed by atoms with van der Waals surface area (Å²) in [4.78, 5) is 12.7. The number of benzene rings is 3. The maximum atomic E-state index is 13.5. The third-order valence-electron chi connectivity index (χ3n) is 5.04. The third-order valence-corrected chi connectivity index (χ3v) is 5.63. The van der Waals surface area contributed by atoms with Gasteiger partial charge < -0.3 is 14.8 Å². The summed E-state index contributed by atoms with van der Waals surface area (Å²) >= 11 is 3.48. The van der Waals surface area contributed by atoms with Crippen molar-refractivity contribution in [1.29, 1.82) is 5.26 Å². The van der Waals surface area contributed by atoms with Crippen molar-refractivity contribution >= 4 is 33.6 Å². The van der Waals surface area contributed by atoms with E-state index in [-0.39, 0.29) is 18.0 Å². The number of anilines is 1. The highest BCUT2D eigenvalue weighted by Crippen LogP contribution is 2.38. The molecule has 3 rings (SSSR count). The van der Waals surface area contributed by atoms with Crippen LogP contribution in [0.2, 0.25) is 0 Å². The number of carbonyl (C=O) groups excluding carboxylic acids is 1. The summed E-state index contributed by atoms with van der Waals surface area (Å²) in [7, 11) is 0. The fourth-order valence-electron chi connectivity index (χ4n) is 3.19. The molecule has 0 atom stereocenters. The summed E-state index contributed by atoms with van der Waals surface area (Å²) in [5, 5.41) is 12.3. The van der Waals surface area contributed by atoms with Crippen LogP contribution in [0.4, 0.5) is 10.1 Å². The van der Waals surface area contributed by atoms with E-state index >= 15 is 0 Å². The average Bonchev–Trinajstić information content (AvgIpc) is 2.79. The van der Waals surface area contributed by atoms with Crippen molar-refractivity contribution in [3.63, 3.8) is 0 Å². The monoisotopic (exact) mass is 522 g/mol. The zero-order chi connectivity index (χ0) is 24.7. The highest BCUT2D eigenvalue weighted by molar-refractivity contribution is 9.10. The lowest BCUT2D eigenvalue weighted by Gasteiger charge is -2.15. The number of hydrogen-bond acceptors (Lipinski definition) is 4. The second kappa shape index (κ2) is 11.5. The summed E-state index contributed by atoms with van der Waals surface area (Å²) in [5.41, 5.74) is 3.97. The van der Waals surface area contributed by atoms with Crippen LogP contribution in [0, 0.1) is 31.0 Å². The van der Waals surface area contributed by atoms with E-state index < -0.39 is 5.91 Å². The quantitative estimate of drug-likeness (QED) is 0.263. The molecule has 3 aromatic rings. The van der Waals surface area contributed by atoms with Crippen LogP contribution in [-0.2, 0) is 11.4 Å². The summed E-state index contributed by atoms with van der Waals surface area (Å²) in [5.74, 6) is 0.0350. The number of nitrogens with zero attached hydrogens (tertiary/aromatic N) is 1. The molecule has 0 aromatic heterocycles. The average molecular weight is 523 g/mol. The topological polar surface area (TPSA) is 71.3 Å². The van der Waals surface area contributed by atoms with E-state index in [1.807, 2.05) is 39.0 Å². The van der Waals surface area contributed by atoms with Gasteiger partial charge in [0.05, 0.1) is 11.1 Å². The summed E-state index contributed by atoms with van der Waals surface area (Å²) in [6, 6.07) is 17.1. The highest BCUT2D eigenvalue weighted by atomic mass is 79.9. The normalized spacial score (nSPS) is 11.0. The van der Waals surface area contributed by atoms with Crippen LogP contribution in [0.15, 0.2) is 64.6 Å². The van der Waals surface area contributed by atoms with Gasteiger partial charge in [-0.15, -0.1) is 0 Å². The zero-order valence-electron chi connectivity index (χ0n) is 19.1. The van der Waals surface area contributed by atoms with Crippen molar-refractivity contribution in [2.75, 3.05) is 11.9 Å². The second-order valence-corrected chi connectivity index (χ2v) is 8.46. The van der Waals surface area contributed by atoms with Crippen LogP contribution < -0.4 is 14.8 Å². The van der Waals surface area contributed by atoms with Crippen LogP contribution >= 0.6 is 15.9 Å². The van der Waals surface area contributed by atoms with Crippen molar-refractivity contribution in [2.45, 2.75) is 27.4 Å². The Labute approximate surface area is 207 Å². The van der Waals surface area contributed by atoms with E-state index in [0.29, 0.717) is 39.4 Å². The van der Waals surface area contributed by atoms with Gasteiger partial charge in [0, 0.05) is 5.69 Å². The first-order valence-corrected chi connectivity index (χ1v) is 11.4. The Kier molecular flexibility index (Phi) is 8.44. The van der Waals surface area contributed by atoms with Crippen LogP contribution in [-0.4, -0.2) is 12.5 Å². The van der Waals surface area contributed by atoms with Crippen LogP contribution in [0.5, 0.6) is 11.5 Å². The van der Waals surface area contributed by atoms with E-state index in [4.69, 9.17) is 9.47 Å². The molecule has 7 heteroatoms. The second-order valence-electron chi connectivity index (χ2n) is 7.60. The molecule has 3 aromatic carbocycles. The van der Waals surface area contributed by atoms with Crippen molar-refractivity contribution < 1.29 is 18.7 Å². The van der Waals surface area contributed by atoms with Crippen molar-refractivity contribution in [1.82, 2.24) is 0 Å². The molecule has 0 fully saturated rings. The van der Waals surface area contributed by atoms with E-state index in [1.54, 1.807) is 30.3 Å². The van der Waals surface area contributed by atoms with Gasteiger partial charge in [-0.05, 0) is 101 Å². The molecule has 0 aliphatic carbocycles. The molecular formula is C27H24BrFN2O3. The molecule has 0 unspecified atom stereocenters. The standard InChI is InChI=1S/C27H24BrFN2O3/c1-4-33-25-14-20(13-24(28)26(25)34-16-19-6-5-7-22(29)12-19)11-21(15-30)27(32)31-23-9-8-17(2)18(3)10-23/h5-14H,4,16H2,1-3H3,(H,31,32)/b21-11+. The molecule has 0 saturated carbocycles. The molecule has 0 radical (unpaired) electrons. The predicted octanol–water partition coefficient (Wildman–Crippen LogP) is 6.73. The molecule has 5 nitrogen and oxygen atoms in total. The first-order chi connectivity index (χ1) is 16.3. The Hall–Kier alpha value is -3.63. The molecule has 0 aliphatic heterocycles. The van der Waals surface area contributed by atoms with Gasteiger partial charge in [-0.2, -0.15) is 5.26 Å². The van der Waals surface area contributed by atoms with Gasteiger partial charge in [-0.3, -0.25) is 4.79 Å². The molecule has 0 aliphatic rings. The van der Waals surface area contributed by atoms with Gasteiger partial charge in [0.1, 0.15) is 24.1 Å². The number of carbonyl (C=O) groups is 1. The lowest BCUT2D eigenvalue weighted by atomic mass is 10.1. The smallest absolute Gasteiger partial charge is 0.266 e. The number of halogens is 2. The largest absolute Gasteiger partial charge is 0.490 e. The Balaban J connectivity index is 1.85. The number of rotatable bonds is 8. The van der Waals surface area contributed by atoms with Crippen LogP contribution in [0.3, 0.4) is 0 Å². The van der Waals surface area contributed by atoms with Crippen molar-refractivity contribution in [3.8, 4) is 17.6 Å². The molecule has 0 spiro atoms. The Morgan fingerprint density at radius 2 is 1.91 bits per heavy atom. The number of amides is 1. The summed E-state index contributed by atoms with van der Waals surface area (Å²) < 4.78 is 25.7. The Morgan fingerprint density at radius 3 is 2.59 bits per heavy atom. The maximum absolute atomic E-state index is 13.5. The molecular weight excluding hydrogens is 499 g/mol. The van der Waals surface area contributed by atoms with Crippen LogP contribution in [0.25, 0.3) is 6.08 Å². The van der Waals surface area contributed by atoms with Crippen molar-refractivity contribution in [3.05, 3.63) is 92.7 Å². The summed E-state index contributed by atoms with van der Waals surface area (Å²) in [6.45, 7) is 6.31. The van der Waals surface area contributed by atoms with E-state index in [0.717, 1.165) is 11.1 Å². The summed E-state index contributed by atoms with van der Waals surface area (Å²) in [6.07, 6.45) is 1.49. The Bertz CT molecular complexity index is 1280. The Morgan fingerprint density at radius 1 is 1.12 bits per heavy atom. The van der Waals surface area contributed by atoms with Gasteiger partial charge in [0.25, 0.3) is 5.91 Å². The molecule has 0 heterocycles. The third kappa shape index (κ3) is 6.46. The first-order valence-electron chi connectivity index (χ1n) is 10.6. The van der Waals surface area contributed by atoms with E-state index in [1.165, 1.54) is 18.2 Å². The SMILES string of the molecule is CCOc1cc(/C=C(\C#N)C(=O)Nc2ccc(C)c(C)c2)cc(Br)c1OCc1cccc(F)c1. The first kappa shape index (κ1) is 25.0. The molecule has 0 saturated heterocycles. The van der Waals surface area contributed by atoms with Crippen LogP contribution in [0.1, 0.15) is 29.2 Å². The molecule has 0 bridgehead atoms. The zero-order valence-corrected chi connectivity index (χ0v) is 20.7. The van der Waals surface area contributed by atoms with E-state index in [2.05, 4.69) is 21.2 Å². The van der Waals surface area contributed by atoms with Gasteiger partial charge in [0.15, 0.2) is 11.5 Å². The molecule has 1 N–H and O–H groups in total. The van der Waals surface area contributed by atoms with E-state index in [9.17, 15) is 14.4 Å². The van der Waals surface area contributed by atoms with Gasteiger partial charge in [-0.1, -0.05) is 18.2 Å². The fourth-order valence-corrected chi connectivity index (χ4v) is 3.76. The number of nitrogens with one attached hydrogen (secondary N) is 1. The lowest BCUT2D eigenvalue weighted by Crippen LogP contribution is -2.13. The maximum Gasteiger partial charge on any atom is 0.266 e. The highest BCUT2D eigenvalue weighted by Gasteiger charge is 2.15. The number of aryl methyl sites for hydroxylation is 2. The molecule has 34 heavy (non-hydrogen) atoms. The predicted molar refractivity (Wildman–Crippen MR) is 134 cm³/mol.